The normalized spacial score (nSPS) is 16.9. The van der Waals surface area contributed by atoms with Crippen molar-refractivity contribution in [2.75, 3.05) is 0 Å². The van der Waals surface area contributed by atoms with Crippen molar-refractivity contribution in [2.24, 2.45) is 5.41 Å². The van der Waals surface area contributed by atoms with Gasteiger partial charge >= 0.3 is 0 Å². The van der Waals surface area contributed by atoms with Gasteiger partial charge in [0.2, 0.25) is 0 Å². The van der Waals surface area contributed by atoms with Crippen molar-refractivity contribution in [2.45, 2.75) is 12.8 Å². The van der Waals surface area contributed by atoms with Gasteiger partial charge in [-0.1, -0.05) is 17.7 Å². The summed E-state index contributed by atoms with van der Waals surface area (Å²) in [7, 11) is 0. The fraction of sp³-hybridized carbons (Fsp3) is 0.273. The summed E-state index contributed by atoms with van der Waals surface area (Å²) in [6.07, 6.45) is 1.07. The first-order valence-corrected chi connectivity index (χ1v) is 4.88. The molecule has 2 nitrogen and oxygen atoms in total. The van der Waals surface area contributed by atoms with Crippen molar-refractivity contribution in [1.82, 2.24) is 0 Å². The SMILES string of the molecule is N#CC1(C(=O)c2cccc(F)c2Cl)CC1. The van der Waals surface area contributed by atoms with Crippen LogP contribution >= 0.6 is 11.6 Å². The van der Waals surface area contributed by atoms with Crippen molar-refractivity contribution in [3.05, 3.63) is 34.6 Å². The van der Waals surface area contributed by atoms with Gasteiger partial charge in [-0.25, -0.2) is 4.39 Å². The lowest BCUT2D eigenvalue weighted by molar-refractivity contribution is 0.0934. The van der Waals surface area contributed by atoms with E-state index in [1.807, 2.05) is 6.07 Å². The lowest BCUT2D eigenvalue weighted by atomic mass is 9.96. The van der Waals surface area contributed by atoms with E-state index in [1.165, 1.54) is 18.2 Å². The largest absolute Gasteiger partial charge is 0.292 e. The molecule has 1 aliphatic carbocycles. The Morgan fingerprint density at radius 2 is 2.20 bits per heavy atom. The highest BCUT2D eigenvalue weighted by Crippen LogP contribution is 2.48. The van der Waals surface area contributed by atoms with Crippen molar-refractivity contribution in [1.29, 1.82) is 5.26 Å². The van der Waals surface area contributed by atoms with E-state index in [0.717, 1.165) is 0 Å². The second-order valence-electron chi connectivity index (χ2n) is 3.62. The molecule has 1 aromatic carbocycles. The fourth-order valence-corrected chi connectivity index (χ4v) is 1.66. The summed E-state index contributed by atoms with van der Waals surface area (Å²) in [6.45, 7) is 0. The number of Topliss-reactive ketones (excluding diaryl/α,β-unsaturated/α-hetero) is 1. The van der Waals surface area contributed by atoms with Crippen LogP contribution < -0.4 is 0 Å². The van der Waals surface area contributed by atoms with E-state index in [-0.39, 0.29) is 16.4 Å². The van der Waals surface area contributed by atoms with Gasteiger partial charge in [0.1, 0.15) is 11.2 Å². The predicted octanol–water partition coefficient (Wildman–Crippen LogP) is 2.97. The molecule has 15 heavy (non-hydrogen) atoms. The van der Waals surface area contributed by atoms with Crippen LogP contribution in [0.4, 0.5) is 4.39 Å². The van der Waals surface area contributed by atoms with Crippen LogP contribution in [-0.2, 0) is 0 Å². The van der Waals surface area contributed by atoms with E-state index in [2.05, 4.69) is 0 Å². The van der Waals surface area contributed by atoms with Gasteiger partial charge in [0.15, 0.2) is 5.78 Å². The molecule has 0 aromatic heterocycles. The van der Waals surface area contributed by atoms with Crippen LogP contribution in [-0.4, -0.2) is 5.78 Å². The van der Waals surface area contributed by atoms with Crippen LogP contribution in [0.1, 0.15) is 23.2 Å². The van der Waals surface area contributed by atoms with Crippen molar-refractivity contribution < 1.29 is 9.18 Å². The molecule has 0 amide bonds. The predicted molar refractivity (Wildman–Crippen MR) is 53.0 cm³/mol. The zero-order valence-corrected chi connectivity index (χ0v) is 8.51. The highest BCUT2D eigenvalue weighted by Gasteiger charge is 2.51. The number of carbonyl (C=O) groups is 1. The van der Waals surface area contributed by atoms with Gasteiger partial charge in [0.05, 0.1) is 11.1 Å². The van der Waals surface area contributed by atoms with E-state index in [4.69, 9.17) is 16.9 Å². The summed E-state index contributed by atoms with van der Waals surface area (Å²) in [5, 5.41) is 8.65. The van der Waals surface area contributed by atoms with E-state index in [1.54, 1.807) is 0 Å². The Morgan fingerprint density at radius 1 is 1.53 bits per heavy atom. The first-order valence-electron chi connectivity index (χ1n) is 4.51. The minimum absolute atomic E-state index is 0.107. The molecule has 1 aliphatic rings. The molecular weight excluding hydrogens is 217 g/mol. The molecule has 0 heterocycles. The maximum Gasteiger partial charge on any atom is 0.184 e. The maximum absolute atomic E-state index is 13.1. The average molecular weight is 224 g/mol. The lowest BCUT2D eigenvalue weighted by Crippen LogP contribution is -2.14. The molecule has 0 unspecified atom stereocenters. The number of ketones is 1. The van der Waals surface area contributed by atoms with Crippen molar-refractivity contribution in [3.63, 3.8) is 0 Å². The van der Waals surface area contributed by atoms with Gasteiger partial charge in [-0.05, 0) is 25.0 Å². The fourth-order valence-electron chi connectivity index (χ4n) is 1.45. The molecule has 0 spiro atoms. The summed E-state index contributed by atoms with van der Waals surface area (Å²) in [4.78, 5) is 11.9. The van der Waals surface area contributed by atoms with Crippen LogP contribution in [0, 0.1) is 22.6 Å². The molecule has 0 aliphatic heterocycles. The van der Waals surface area contributed by atoms with Crippen LogP contribution in [0.15, 0.2) is 18.2 Å². The zero-order valence-electron chi connectivity index (χ0n) is 7.76. The summed E-state index contributed by atoms with van der Waals surface area (Å²) < 4.78 is 13.1. The van der Waals surface area contributed by atoms with Crippen LogP contribution in [0.25, 0.3) is 0 Å². The lowest BCUT2D eigenvalue weighted by Gasteiger charge is -2.06. The number of carbonyl (C=O) groups excluding carboxylic acids is 1. The van der Waals surface area contributed by atoms with Crippen LogP contribution in [0.5, 0.6) is 0 Å². The molecule has 1 fully saturated rings. The third-order valence-electron chi connectivity index (χ3n) is 2.59. The third kappa shape index (κ3) is 1.51. The number of nitrogens with zero attached hydrogens (tertiary/aromatic N) is 1. The molecule has 0 N–H and O–H groups in total. The van der Waals surface area contributed by atoms with Gasteiger partial charge in [-0.2, -0.15) is 5.26 Å². The number of benzene rings is 1. The number of nitriles is 1. The molecule has 4 heteroatoms. The van der Waals surface area contributed by atoms with E-state index >= 15 is 0 Å². The standard InChI is InChI=1S/C11H7ClFNO/c12-9-7(2-1-3-8(9)13)10(15)11(6-14)4-5-11/h1-3H,4-5H2. The molecule has 0 bridgehead atoms. The number of hydrogen-bond acceptors (Lipinski definition) is 2. The maximum atomic E-state index is 13.1. The second-order valence-corrected chi connectivity index (χ2v) is 4.00. The average Bonchev–Trinajstić information content (AvgIpc) is 3.02. The van der Waals surface area contributed by atoms with E-state index in [0.29, 0.717) is 12.8 Å². The first-order chi connectivity index (χ1) is 7.10. The van der Waals surface area contributed by atoms with Crippen LogP contribution in [0.2, 0.25) is 5.02 Å². The molecule has 0 radical (unpaired) electrons. The Morgan fingerprint density at radius 3 is 2.73 bits per heavy atom. The monoisotopic (exact) mass is 223 g/mol. The molecule has 1 saturated carbocycles. The summed E-state index contributed by atoms with van der Waals surface area (Å²) in [5.41, 5.74) is -0.840. The highest BCUT2D eigenvalue weighted by atomic mass is 35.5. The molecule has 76 valence electrons. The summed E-state index contributed by atoms with van der Waals surface area (Å²) in [5.74, 6) is -0.995. The Bertz CT molecular complexity index is 474. The van der Waals surface area contributed by atoms with Crippen molar-refractivity contribution in [3.8, 4) is 6.07 Å². The molecule has 0 atom stereocenters. The highest BCUT2D eigenvalue weighted by molar-refractivity contribution is 6.34. The van der Waals surface area contributed by atoms with Gasteiger partial charge in [-0.15, -0.1) is 0 Å². The van der Waals surface area contributed by atoms with Gasteiger partial charge in [-0.3, -0.25) is 4.79 Å². The molecule has 2 rings (SSSR count). The minimum Gasteiger partial charge on any atom is -0.292 e. The second kappa shape index (κ2) is 3.32. The third-order valence-corrected chi connectivity index (χ3v) is 2.98. The number of hydrogen-bond donors (Lipinski definition) is 0. The van der Waals surface area contributed by atoms with Crippen LogP contribution in [0.3, 0.4) is 0 Å². The summed E-state index contributed by atoms with van der Waals surface area (Å²) in [6, 6.07) is 6.02. The topological polar surface area (TPSA) is 40.9 Å². The quantitative estimate of drug-likeness (QED) is 0.724. The summed E-state index contributed by atoms with van der Waals surface area (Å²) >= 11 is 5.67. The Hall–Kier alpha value is -1.40. The van der Waals surface area contributed by atoms with Gasteiger partial charge in [0.25, 0.3) is 0 Å². The van der Waals surface area contributed by atoms with Gasteiger partial charge in [0, 0.05) is 5.56 Å². The van der Waals surface area contributed by atoms with E-state index < -0.39 is 11.2 Å². The smallest absolute Gasteiger partial charge is 0.184 e. The molecule has 0 saturated heterocycles. The molecular formula is C11H7ClFNO. The Balaban J connectivity index is 2.44. The Labute approximate surface area is 91.3 Å². The van der Waals surface area contributed by atoms with Gasteiger partial charge < -0.3 is 0 Å². The van der Waals surface area contributed by atoms with E-state index in [9.17, 15) is 9.18 Å². The van der Waals surface area contributed by atoms with Crippen molar-refractivity contribution >= 4 is 17.4 Å². The molecule has 1 aromatic rings. The Kier molecular flexibility index (Phi) is 2.24. The zero-order chi connectivity index (χ0) is 11.1. The number of halogens is 2. The first kappa shape index (κ1) is 10.1. The number of rotatable bonds is 2. The minimum atomic E-state index is -0.947.